The van der Waals surface area contributed by atoms with Gasteiger partial charge in [-0.25, -0.2) is 9.97 Å². The molecule has 6 heteroatoms. The number of pyridine rings is 3. The lowest BCUT2D eigenvalue weighted by molar-refractivity contribution is 0.477. The molecule has 10 rings (SSSR count). The van der Waals surface area contributed by atoms with Crippen LogP contribution in [0.5, 0.6) is 5.75 Å². The van der Waals surface area contributed by atoms with Gasteiger partial charge in [-0.15, -0.1) is 0 Å². The van der Waals surface area contributed by atoms with Gasteiger partial charge in [0.2, 0.25) is 0 Å². The molecule has 0 radical (unpaired) electrons. The van der Waals surface area contributed by atoms with Crippen LogP contribution in [0.4, 0.5) is 0 Å². The van der Waals surface area contributed by atoms with Crippen molar-refractivity contribution in [3.63, 3.8) is 0 Å². The van der Waals surface area contributed by atoms with Crippen molar-refractivity contribution in [2.24, 2.45) is 0 Å². The molecular weight excluding hydrogens is 759 g/mol. The Balaban J connectivity index is 1.12. The smallest absolute Gasteiger partial charge is 0.124 e. The summed E-state index contributed by atoms with van der Waals surface area (Å²) in [5.41, 5.74) is 16.2. The number of phenolic OH excluding ortho intramolecular Hbond substituents is 1. The molecule has 0 saturated heterocycles. The number of benzene rings is 5. The number of para-hydroxylation sites is 3. The van der Waals surface area contributed by atoms with Crippen LogP contribution < -0.4 is 0 Å². The SMILES string of the molecule is Cc1ncc2c(-n3c4ccccc4c4cccc(-c5ccnc(-c6cccc(-c7cc(-c8cc(C(C)(C)C)cc(C(C)(C)C)c8)cc(-c8ccccc8O)n7)c6)c5)c43)cccn12. The number of rotatable bonds is 6. The molecule has 0 atom stereocenters. The van der Waals surface area contributed by atoms with E-state index in [0.29, 0.717) is 11.3 Å². The van der Waals surface area contributed by atoms with Crippen molar-refractivity contribution in [2.75, 3.05) is 0 Å². The standard InChI is InChI=1S/C56H49N5O/c1-35-58-34-52-51(22-14-26-60(35)52)61-50-21-10-8-17-44(50)45-20-13-19-43(54(45)61)36-24-25-57-47(30-36)37-15-12-16-38(27-37)48-31-40(32-49(59-48)46-18-9-11-23-53(46)62)39-28-41(55(2,3)4)33-42(29-39)56(5,6)7/h8-34,62H,1-7H3. The largest absolute Gasteiger partial charge is 0.507 e. The Bertz CT molecular complexity index is 3320. The minimum atomic E-state index is -0.0440. The van der Waals surface area contributed by atoms with Crippen molar-refractivity contribution >= 4 is 27.3 Å². The molecular formula is C56H49N5O. The molecule has 0 bridgehead atoms. The Hall–Kier alpha value is -7.31. The summed E-state index contributed by atoms with van der Waals surface area (Å²) in [5.74, 6) is 1.15. The van der Waals surface area contributed by atoms with Gasteiger partial charge in [0.25, 0.3) is 0 Å². The highest BCUT2D eigenvalue weighted by Crippen LogP contribution is 2.41. The monoisotopic (exact) mass is 807 g/mol. The zero-order valence-corrected chi connectivity index (χ0v) is 36.3. The number of aryl methyl sites for hydroxylation is 1. The van der Waals surface area contributed by atoms with Gasteiger partial charge in [0.05, 0.1) is 45.5 Å². The highest BCUT2D eigenvalue weighted by molar-refractivity contribution is 6.14. The summed E-state index contributed by atoms with van der Waals surface area (Å²) < 4.78 is 4.54. The number of hydrogen-bond donors (Lipinski definition) is 1. The molecule has 0 amide bonds. The molecule has 10 aromatic rings. The lowest BCUT2D eigenvalue weighted by Gasteiger charge is -2.26. The zero-order valence-electron chi connectivity index (χ0n) is 36.3. The van der Waals surface area contributed by atoms with Gasteiger partial charge in [-0.05, 0) is 106 Å². The van der Waals surface area contributed by atoms with E-state index in [1.807, 2.05) is 37.5 Å². The third-order valence-electron chi connectivity index (χ3n) is 12.2. The normalized spacial score (nSPS) is 12.2. The van der Waals surface area contributed by atoms with E-state index in [1.54, 1.807) is 6.07 Å². The molecule has 5 aromatic heterocycles. The average Bonchev–Trinajstić information content (AvgIpc) is 3.83. The second kappa shape index (κ2) is 14.7. The van der Waals surface area contributed by atoms with E-state index in [4.69, 9.17) is 9.97 Å². The molecule has 0 fully saturated rings. The van der Waals surface area contributed by atoms with E-state index < -0.39 is 0 Å². The first-order valence-electron chi connectivity index (χ1n) is 21.3. The van der Waals surface area contributed by atoms with Gasteiger partial charge < -0.3 is 14.1 Å². The number of fused-ring (bicyclic) bond motifs is 4. The molecule has 5 heterocycles. The highest BCUT2D eigenvalue weighted by Gasteiger charge is 2.23. The molecule has 6 nitrogen and oxygen atoms in total. The summed E-state index contributed by atoms with van der Waals surface area (Å²) in [7, 11) is 0. The molecule has 62 heavy (non-hydrogen) atoms. The average molecular weight is 808 g/mol. The quantitative estimate of drug-likeness (QED) is 0.182. The summed E-state index contributed by atoms with van der Waals surface area (Å²) in [4.78, 5) is 14.9. The fourth-order valence-corrected chi connectivity index (χ4v) is 8.75. The Morgan fingerprint density at radius 3 is 1.92 bits per heavy atom. The highest BCUT2D eigenvalue weighted by atomic mass is 16.3. The topological polar surface area (TPSA) is 68.2 Å². The van der Waals surface area contributed by atoms with Crippen molar-refractivity contribution in [1.82, 2.24) is 23.9 Å². The van der Waals surface area contributed by atoms with Gasteiger partial charge in [-0.2, -0.15) is 0 Å². The Morgan fingerprint density at radius 1 is 0.500 bits per heavy atom. The fraction of sp³-hybridized carbons (Fsp3) is 0.161. The van der Waals surface area contributed by atoms with Gasteiger partial charge in [-0.3, -0.25) is 4.98 Å². The minimum Gasteiger partial charge on any atom is -0.507 e. The van der Waals surface area contributed by atoms with Crippen molar-refractivity contribution in [2.45, 2.75) is 59.3 Å². The van der Waals surface area contributed by atoms with Crippen molar-refractivity contribution in [1.29, 1.82) is 0 Å². The number of hydrogen-bond acceptors (Lipinski definition) is 4. The molecule has 0 aliphatic carbocycles. The summed E-state index contributed by atoms with van der Waals surface area (Å²) in [5, 5.41) is 13.5. The van der Waals surface area contributed by atoms with Crippen LogP contribution in [0.15, 0.2) is 164 Å². The second-order valence-corrected chi connectivity index (χ2v) is 18.5. The minimum absolute atomic E-state index is 0.0440. The fourth-order valence-electron chi connectivity index (χ4n) is 8.75. The Labute approximate surface area is 362 Å². The molecule has 0 aliphatic heterocycles. The predicted octanol–water partition coefficient (Wildman–Crippen LogP) is 14.2. The maximum absolute atomic E-state index is 11.1. The molecule has 0 unspecified atom stereocenters. The Morgan fingerprint density at radius 2 is 1.15 bits per heavy atom. The van der Waals surface area contributed by atoms with E-state index in [9.17, 15) is 5.11 Å². The summed E-state index contributed by atoms with van der Waals surface area (Å²) in [6, 6.07) is 51.0. The molecule has 0 spiro atoms. The maximum atomic E-state index is 11.1. The van der Waals surface area contributed by atoms with Crippen LogP contribution >= 0.6 is 0 Å². The number of aromatic hydroxyl groups is 1. The predicted molar refractivity (Wildman–Crippen MR) is 256 cm³/mol. The van der Waals surface area contributed by atoms with E-state index in [1.165, 1.54) is 21.9 Å². The first-order valence-corrected chi connectivity index (χ1v) is 21.3. The van der Waals surface area contributed by atoms with Crippen LogP contribution in [0, 0.1) is 6.92 Å². The van der Waals surface area contributed by atoms with Crippen LogP contribution in [0.25, 0.3) is 89.0 Å². The third-order valence-corrected chi connectivity index (χ3v) is 12.2. The molecule has 304 valence electrons. The van der Waals surface area contributed by atoms with Gasteiger partial charge in [0, 0.05) is 45.4 Å². The molecule has 0 saturated carbocycles. The van der Waals surface area contributed by atoms with E-state index in [0.717, 1.165) is 72.8 Å². The van der Waals surface area contributed by atoms with Gasteiger partial charge in [0.15, 0.2) is 0 Å². The van der Waals surface area contributed by atoms with Crippen LogP contribution in [-0.4, -0.2) is 29.0 Å². The first-order chi connectivity index (χ1) is 29.8. The Kier molecular flexibility index (Phi) is 9.22. The molecule has 1 N–H and O–H groups in total. The number of imidazole rings is 1. The summed E-state index contributed by atoms with van der Waals surface area (Å²) in [6.45, 7) is 15.6. The maximum Gasteiger partial charge on any atom is 0.124 e. The lowest BCUT2D eigenvalue weighted by Crippen LogP contribution is -2.16. The van der Waals surface area contributed by atoms with E-state index in [-0.39, 0.29) is 16.6 Å². The first kappa shape index (κ1) is 38.9. The van der Waals surface area contributed by atoms with Gasteiger partial charge in [-0.1, -0.05) is 126 Å². The molecule has 0 aliphatic rings. The summed E-state index contributed by atoms with van der Waals surface area (Å²) in [6.07, 6.45) is 5.95. The number of nitrogens with zero attached hydrogens (tertiary/aromatic N) is 5. The zero-order chi connectivity index (χ0) is 42.9. The van der Waals surface area contributed by atoms with Crippen molar-refractivity contribution < 1.29 is 5.11 Å². The van der Waals surface area contributed by atoms with Gasteiger partial charge >= 0.3 is 0 Å². The third kappa shape index (κ3) is 6.82. The van der Waals surface area contributed by atoms with Crippen LogP contribution in [0.3, 0.4) is 0 Å². The van der Waals surface area contributed by atoms with Crippen LogP contribution in [0.1, 0.15) is 58.5 Å². The summed E-state index contributed by atoms with van der Waals surface area (Å²) >= 11 is 0. The van der Waals surface area contributed by atoms with Crippen LogP contribution in [0.2, 0.25) is 0 Å². The molecule has 5 aromatic carbocycles. The van der Waals surface area contributed by atoms with Crippen molar-refractivity contribution in [3.05, 3.63) is 181 Å². The lowest BCUT2D eigenvalue weighted by atomic mass is 9.79. The number of aromatic nitrogens is 5. The van der Waals surface area contributed by atoms with Crippen LogP contribution in [-0.2, 0) is 10.8 Å². The van der Waals surface area contributed by atoms with E-state index in [2.05, 4.69) is 183 Å². The van der Waals surface area contributed by atoms with E-state index >= 15 is 0 Å². The van der Waals surface area contributed by atoms with Gasteiger partial charge in [0.1, 0.15) is 11.6 Å². The second-order valence-electron chi connectivity index (χ2n) is 18.5. The number of phenols is 1. The van der Waals surface area contributed by atoms with Crippen molar-refractivity contribution in [3.8, 4) is 67.5 Å².